The van der Waals surface area contributed by atoms with Gasteiger partial charge in [0.2, 0.25) is 0 Å². The Morgan fingerprint density at radius 2 is 1.81 bits per heavy atom. The summed E-state index contributed by atoms with van der Waals surface area (Å²) >= 11 is 1.37. The van der Waals surface area contributed by atoms with Crippen LogP contribution in [0.3, 0.4) is 0 Å². The number of thiophene rings is 1. The quantitative estimate of drug-likeness (QED) is 0.114. The lowest BCUT2D eigenvalue weighted by Crippen LogP contribution is -2.43. The van der Waals surface area contributed by atoms with Gasteiger partial charge in [-0.25, -0.2) is 19.9 Å². The van der Waals surface area contributed by atoms with Crippen molar-refractivity contribution in [2.24, 2.45) is 0 Å². The molecule has 5 aromatic rings. The van der Waals surface area contributed by atoms with Crippen LogP contribution in [0.5, 0.6) is 0 Å². The molecule has 1 aliphatic rings. The van der Waals surface area contributed by atoms with E-state index in [0.717, 1.165) is 31.9 Å². The zero-order chi connectivity index (χ0) is 36.7. The van der Waals surface area contributed by atoms with E-state index in [0.29, 0.717) is 78.5 Å². The largest absolute Gasteiger partial charge is 0.471 e. The van der Waals surface area contributed by atoms with Crippen LogP contribution < -0.4 is 5.32 Å². The number of alkyl halides is 3. The van der Waals surface area contributed by atoms with Crippen molar-refractivity contribution < 1.29 is 41.7 Å². The average molecular weight is 746 g/mol. The van der Waals surface area contributed by atoms with Crippen molar-refractivity contribution in [3.8, 4) is 0 Å². The molecule has 17 heteroatoms. The van der Waals surface area contributed by atoms with Gasteiger partial charge in [-0.1, -0.05) is 6.07 Å². The zero-order valence-corrected chi connectivity index (χ0v) is 30.1. The zero-order valence-electron chi connectivity index (χ0n) is 29.3. The molecule has 0 atom stereocenters. The number of aromatic amines is 1. The first-order chi connectivity index (χ1) is 25.0. The number of rotatable bonds is 18. The number of halogens is 3. The summed E-state index contributed by atoms with van der Waals surface area (Å²) in [5.41, 5.74) is 4.87. The number of methoxy groups -OCH3 is 1. The van der Waals surface area contributed by atoms with E-state index >= 15 is 0 Å². The molecule has 1 aromatic carbocycles. The normalized spacial score (nSPS) is 14.3. The second-order valence-corrected chi connectivity index (χ2v) is 13.9. The first-order valence-corrected chi connectivity index (χ1v) is 17.8. The van der Waals surface area contributed by atoms with Crippen molar-refractivity contribution in [2.45, 2.75) is 51.6 Å². The first kappa shape index (κ1) is 37.7. The third-order valence-corrected chi connectivity index (χ3v) is 9.74. The van der Waals surface area contributed by atoms with Gasteiger partial charge < -0.3 is 38.9 Å². The molecular weight excluding hydrogens is 703 g/mol. The maximum Gasteiger partial charge on any atom is 0.471 e. The van der Waals surface area contributed by atoms with Crippen molar-refractivity contribution in [2.75, 3.05) is 71.8 Å². The van der Waals surface area contributed by atoms with Gasteiger partial charge in [-0.15, -0.1) is 11.3 Å². The van der Waals surface area contributed by atoms with Crippen LogP contribution in [0, 0.1) is 0 Å². The van der Waals surface area contributed by atoms with Crippen LogP contribution >= 0.6 is 11.3 Å². The molecule has 1 aliphatic heterocycles. The van der Waals surface area contributed by atoms with Crippen molar-refractivity contribution >= 4 is 54.5 Å². The number of amides is 1. The van der Waals surface area contributed by atoms with E-state index in [1.807, 2.05) is 32.0 Å². The van der Waals surface area contributed by atoms with E-state index in [1.54, 1.807) is 13.4 Å². The second kappa shape index (κ2) is 16.8. The maximum atomic E-state index is 14.0. The molecule has 6 rings (SSSR count). The van der Waals surface area contributed by atoms with Crippen LogP contribution in [0.25, 0.3) is 31.5 Å². The highest BCUT2D eigenvalue weighted by molar-refractivity contribution is 7.26. The fourth-order valence-electron chi connectivity index (χ4n) is 6.04. The van der Waals surface area contributed by atoms with Gasteiger partial charge in [0.15, 0.2) is 0 Å². The number of carbonyl (C=O) groups excluding carboxylic acids is 1. The Kier molecular flexibility index (Phi) is 12.2. The molecule has 2 N–H and O–H groups in total. The lowest BCUT2D eigenvalue weighted by molar-refractivity contribution is -0.186. The molecule has 0 saturated carbocycles. The smallest absolute Gasteiger partial charge is 0.382 e. The number of hydrogen-bond acceptors (Lipinski definition) is 12. The fourth-order valence-corrected chi connectivity index (χ4v) is 7.19. The van der Waals surface area contributed by atoms with Crippen LogP contribution in [-0.4, -0.2) is 114 Å². The number of anilines is 1. The van der Waals surface area contributed by atoms with Crippen molar-refractivity contribution in [1.29, 1.82) is 0 Å². The van der Waals surface area contributed by atoms with Crippen molar-refractivity contribution in [3.63, 3.8) is 0 Å². The van der Waals surface area contributed by atoms with E-state index in [-0.39, 0.29) is 39.5 Å². The van der Waals surface area contributed by atoms with Crippen LogP contribution in [0.2, 0.25) is 0 Å². The number of carbonyl (C=O) groups is 1. The Morgan fingerprint density at radius 1 is 1.06 bits per heavy atom. The van der Waals surface area contributed by atoms with Gasteiger partial charge in [-0.3, -0.25) is 4.79 Å². The van der Waals surface area contributed by atoms with Gasteiger partial charge in [0.05, 0.1) is 91.7 Å². The van der Waals surface area contributed by atoms with Gasteiger partial charge in [0.25, 0.3) is 0 Å². The SMILES string of the molecule is COCCOCCOCCOCCN(Cc1c2c(nc3sc4c(NCCc5ccc6[nH]cnc6c5)ncnc4c13)CC(C)(C)OC2)C(=O)C(F)(F)F. The summed E-state index contributed by atoms with van der Waals surface area (Å²) in [5.74, 6) is -1.37. The molecule has 1 amide bonds. The number of hydrogen-bond donors (Lipinski definition) is 2. The molecule has 4 aromatic heterocycles. The number of ether oxygens (including phenoxy) is 5. The molecule has 0 fully saturated rings. The standard InChI is InChI=1S/C35H42F3N7O6S/c1-34(2)17-27-24(19-51-34)23(18-45(33(46)35(36,37)38)8-9-48-12-13-50-15-14-49-11-10-47-3)28-29-30(52-32(28)44-27)31(43-21-42-29)39-7-6-22-4-5-25-26(16-22)41-20-40-25/h4-5,16,20-21H,6-15,17-19H2,1-3H3,(H,40,41)(H,39,42,43). The fraction of sp³-hybridized carbons (Fsp3) is 0.514. The third kappa shape index (κ3) is 9.13. The van der Waals surface area contributed by atoms with E-state index in [4.69, 9.17) is 28.7 Å². The first-order valence-electron chi connectivity index (χ1n) is 17.0. The van der Waals surface area contributed by atoms with Crippen LogP contribution in [0.4, 0.5) is 19.0 Å². The van der Waals surface area contributed by atoms with Crippen LogP contribution in [0.15, 0.2) is 30.9 Å². The molecule has 13 nitrogen and oxygen atoms in total. The number of nitrogens with zero attached hydrogens (tertiary/aromatic N) is 5. The minimum Gasteiger partial charge on any atom is -0.382 e. The lowest BCUT2D eigenvalue weighted by atomic mass is 9.92. The highest BCUT2D eigenvalue weighted by atomic mass is 32.1. The van der Waals surface area contributed by atoms with Gasteiger partial charge >= 0.3 is 12.1 Å². The second-order valence-electron chi connectivity index (χ2n) is 12.9. The highest BCUT2D eigenvalue weighted by Gasteiger charge is 2.43. The molecule has 5 heterocycles. The van der Waals surface area contributed by atoms with Crippen LogP contribution in [-0.2, 0) is 54.5 Å². The summed E-state index contributed by atoms with van der Waals surface area (Å²) in [6.45, 7) is 5.85. The molecule has 0 unspecified atom stereocenters. The molecule has 0 saturated heterocycles. The molecule has 0 bridgehead atoms. The minimum atomic E-state index is -5.09. The molecule has 0 radical (unpaired) electrons. The van der Waals surface area contributed by atoms with Gasteiger partial charge in [0.1, 0.15) is 17.0 Å². The third-order valence-electron chi connectivity index (χ3n) is 8.66. The van der Waals surface area contributed by atoms with Crippen molar-refractivity contribution in [3.05, 3.63) is 53.2 Å². The molecule has 280 valence electrons. The number of nitrogens with one attached hydrogen (secondary N) is 2. The number of H-pyrrole nitrogens is 1. The van der Waals surface area contributed by atoms with Crippen molar-refractivity contribution in [1.82, 2.24) is 29.8 Å². The van der Waals surface area contributed by atoms with E-state index in [2.05, 4.69) is 25.3 Å². The Morgan fingerprint density at radius 3 is 2.56 bits per heavy atom. The number of imidazole rings is 1. The summed E-state index contributed by atoms with van der Waals surface area (Å²) in [4.78, 5) is 35.7. The highest BCUT2D eigenvalue weighted by Crippen LogP contribution is 2.41. The molecular formula is C35H42F3N7O6S. The number of pyridine rings is 1. The average Bonchev–Trinajstić information content (AvgIpc) is 3.73. The summed E-state index contributed by atoms with van der Waals surface area (Å²) in [5, 5.41) is 3.99. The number of benzene rings is 1. The lowest BCUT2D eigenvalue weighted by Gasteiger charge is -2.33. The van der Waals surface area contributed by atoms with Gasteiger partial charge in [0, 0.05) is 44.1 Å². The summed E-state index contributed by atoms with van der Waals surface area (Å²) in [7, 11) is 1.58. The molecule has 0 spiro atoms. The molecule has 0 aliphatic carbocycles. The predicted octanol–water partition coefficient (Wildman–Crippen LogP) is 5.21. The number of fused-ring (bicyclic) bond motifs is 5. The van der Waals surface area contributed by atoms with Crippen LogP contribution in [0.1, 0.15) is 36.2 Å². The summed E-state index contributed by atoms with van der Waals surface area (Å²) < 4.78 is 70.1. The number of aromatic nitrogens is 5. The van der Waals surface area contributed by atoms with Gasteiger partial charge in [-0.2, -0.15) is 13.2 Å². The summed E-state index contributed by atoms with van der Waals surface area (Å²) in [6.07, 6.45) is -0.850. The topological polar surface area (TPSA) is 146 Å². The van der Waals surface area contributed by atoms with E-state index in [9.17, 15) is 18.0 Å². The predicted molar refractivity (Wildman–Crippen MR) is 189 cm³/mol. The minimum absolute atomic E-state index is 0.122. The van der Waals surface area contributed by atoms with E-state index in [1.165, 1.54) is 17.7 Å². The summed E-state index contributed by atoms with van der Waals surface area (Å²) in [6, 6.07) is 6.06. The van der Waals surface area contributed by atoms with Gasteiger partial charge in [-0.05, 0) is 43.5 Å². The van der Waals surface area contributed by atoms with E-state index < -0.39 is 17.7 Å². The Labute approximate surface area is 302 Å². The Balaban J connectivity index is 1.22. The Hall–Kier alpha value is -4.00. The Bertz CT molecular complexity index is 1990. The maximum absolute atomic E-state index is 14.0. The monoisotopic (exact) mass is 745 g/mol. The molecule has 52 heavy (non-hydrogen) atoms.